The van der Waals surface area contributed by atoms with Gasteiger partial charge in [0.2, 0.25) is 11.2 Å². The van der Waals surface area contributed by atoms with Gasteiger partial charge in [0.05, 0.1) is 12.1 Å². The molecule has 0 spiro atoms. The number of anilines is 2. The Hall–Kier alpha value is -3.78. The number of oxazole rings is 1. The SMILES string of the molecule is O=c1cc(CN(c2cccc(Cl)c2)c2nc3ncccc3o2)c2ccc(F)c(F)c2[nH]1. The monoisotopic (exact) mass is 438 g/mol. The van der Waals surface area contributed by atoms with E-state index in [0.717, 1.165) is 6.07 Å². The van der Waals surface area contributed by atoms with Crippen LogP contribution in [0.25, 0.3) is 22.1 Å². The Labute approximate surface area is 178 Å². The van der Waals surface area contributed by atoms with E-state index in [1.165, 1.54) is 12.1 Å². The Kier molecular flexibility index (Phi) is 4.63. The Morgan fingerprint density at radius 1 is 1.10 bits per heavy atom. The summed E-state index contributed by atoms with van der Waals surface area (Å²) in [7, 11) is 0. The van der Waals surface area contributed by atoms with Crippen LogP contribution in [0.2, 0.25) is 5.02 Å². The average Bonchev–Trinajstić information content (AvgIpc) is 3.18. The molecule has 0 bridgehead atoms. The first-order valence-electron chi connectivity index (χ1n) is 9.24. The highest BCUT2D eigenvalue weighted by atomic mass is 35.5. The van der Waals surface area contributed by atoms with Gasteiger partial charge in [-0.25, -0.2) is 13.8 Å². The third-order valence-corrected chi connectivity index (χ3v) is 5.06. The zero-order valence-corrected chi connectivity index (χ0v) is 16.5. The van der Waals surface area contributed by atoms with E-state index in [-0.39, 0.29) is 18.1 Å². The molecule has 0 fully saturated rings. The number of aromatic nitrogens is 3. The number of aromatic amines is 1. The molecule has 9 heteroatoms. The first-order chi connectivity index (χ1) is 15.0. The van der Waals surface area contributed by atoms with E-state index in [9.17, 15) is 13.6 Å². The van der Waals surface area contributed by atoms with Gasteiger partial charge in [-0.1, -0.05) is 17.7 Å². The fourth-order valence-electron chi connectivity index (χ4n) is 3.42. The maximum Gasteiger partial charge on any atom is 0.304 e. The van der Waals surface area contributed by atoms with Crippen LogP contribution in [0.3, 0.4) is 0 Å². The Bertz CT molecular complexity index is 1470. The number of nitrogens with one attached hydrogen (secondary N) is 1. The van der Waals surface area contributed by atoms with Gasteiger partial charge >= 0.3 is 6.01 Å². The first kappa shape index (κ1) is 19.2. The molecule has 3 heterocycles. The summed E-state index contributed by atoms with van der Waals surface area (Å²) < 4.78 is 33.9. The maximum absolute atomic E-state index is 14.3. The molecule has 5 aromatic rings. The molecule has 0 amide bonds. The van der Waals surface area contributed by atoms with Gasteiger partial charge in [0.25, 0.3) is 0 Å². The summed E-state index contributed by atoms with van der Waals surface area (Å²) in [5.74, 6) is -2.16. The van der Waals surface area contributed by atoms with Gasteiger partial charge in [-0.3, -0.25) is 9.69 Å². The van der Waals surface area contributed by atoms with Crippen LogP contribution in [0.15, 0.2) is 70.0 Å². The van der Waals surface area contributed by atoms with Gasteiger partial charge in [0.15, 0.2) is 17.2 Å². The highest BCUT2D eigenvalue weighted by molar-refractivity contribution is 6.30. The topological polar surface area (TPSA) is 75.0 Å². The quantitative estimate of drug-likeness (QED) is 0.410. The lowest BCUT2D eigenvalue weighted by atomic mass is 10.1. The number of hydrogen-bond acceptors (Lipinski definition) is 5. The van der Waals surface area contributed by atoms with Gasteiger partial charge in [-0.05, 0) is 48.0 Å². The van der Waals surface area contributed by atoms with E-state index < -0.39 is 17.2 Å². The molecular formula is C22H13ClF2N4O2. The van der Waals surface area contributed by atoms with E-state index in [4.69, 9.17) is 16.0 Å². The standard InChI is InChI=1S/C22H13ClF2N4O2/c23-13-3-1-4-14(10-13)29(22-28-21-17(31-22)5-2-8-26-21)11-12-9-18(30)27-20-15(12)6-7-16(24)19(20)25/h1-10H,11H2,(H,27,30). The molecule has 0 saturated heterocycles. The lowest BCUT2D eigenvalue weighted by Gasteiger charge is -2.22. The van der Waals surface area contributed by atoms with E-state index in [2.05, 4.69) is 15.0 Å². The van der Waals surface area contributed by atoms with Gasteiger partial charge < -0.3 is 9.40 Å². The Morgan fingerprint density at radius 2 is 1.97 bits per heavy atom. The number of nitrogens with zero attached hydrogens (tertiary/aromatic N) is 3. The molecule has 2 aromatic carbocycles. The molecular weight excluding hydrogens is 426 g/mol. The van der Waals surface area contributed by atoms with E-state index in [1.807, 2.05) is 0 Å². The second kappa shape index (κ2) is 7.48. The lowest BCUT2D eigenvalue weighted by Crippen LogP contribution is -2.19. The molecule has 6 nitrogen and oxygen atoms in total. The molecule has 0 aliphatic heterocycles. The average molecular weight is 439 g/mol. The largest absolute Gasteiger partial charge is 0.421 e. The molecule has 0 saturated carbocycles. The summed E-state index contributed by atoms with van der Waals surface area (Å²) in [4.78, 5) is 24.8. The van der Waals surface area contributed by atoms with Crippen LogP contribution >= 0.6 is 11.6 Å². The number of hydrogen-bond donors (Lipinski definition) is 1. The van der Waals surface area contributed by atoms with Crippen LogP contribution in [0.1, 0.15) is 5.56 Å². The molecule has 0 aliphatic carbocycles. The normalized spacial score (nSPS) is 11.3. The molecule has 31 heavy (non-hydrogen) atoms. The van der Waals surface area contributed by atoms with Gasteiger partial charge in [0, 0.05) is 28.4 Å². The molecule has 0 atom stereocenters. The van der Waals surface area contributed by atoms with Crippen molar-refractivity contribution in [2.24, 2.45) is 0 Å². The van der Waals surface area contributed by atoms with Crippen molar-refractivity contribution in [3.63, 3.8) is 0 Å². The van der Waals surface area contributed by atoms with Crippen molar-refractivity contribution < 1.29 is 13.2 Å². The molecule has 0 unspecified atom stereocenters. The fraction of sp³-hybridized carbons (Fsp3) is 0.0455. The van der Waals surface area contributed by atoms with Crippen LogP contribution in [-0.2, 0) is 6.54 Å². The zero-order valence-electron chi connectivity index (χ0n) is 15.8. The summed E-state index contributed by atoms with van der Waals surface area (Å²) in [5.41, 5.74) is 1.22. The minimum Gasteiger partial charge on any atom is -0.421 e. The van der Waals surface area contributed by atoms with Crippen molar-refractivity contribution in [3.05, 3.63) is 93.4 Å². The molecule has 3 aromatic heterocycles. The van der Waals surface area contributed by atoms with Crippen LogP contribution in [0.4, 0.5) is 20.5 Å². The highest BCUT2D eigenvalue weighted by Crippen LogP contribution is 2.32. The minimum atomic E-state index is -1.11. The third kappa shape index (κ3) is 3.51. The summed E-state index contributed by atoms with van der Waals surface area (Å²) in [6, 6.07) is 14.4. The number of pyridine rings is 2. The smallest absolute Gasteiger partial charge is 0.304 e. The van der Waals surface area contributed by atoms with Gasteiger partial charge in [-0.2, -0.15) is 4.98 Å². The molecule has 5 rings (SSSR count). The van der Waals surface area contributed by atoms with Crippen molar-refractivity contribution in [1.82, 2.24) is 15.0 Å². The van der Waals surface area contributed by atoms with Crippen molar-refractivity contribution in [3.8, 4) is 0 Å². The first-order valence-corrected chi connectivity index (χ1v) is 9.62. The fourth-order valence-corrected chi connectivity index (χ4v) is 3.61. The maximum atomic E-state index is 14.3. The van der Waals surface area contributed by atoms with Crippen LogP contribution in [0.5, 0.6) is 0 Å². The lowest BCUT2D eigenvalue weighted by molar-refractivity contribution is 0.515. The number of benzene rings is 2. The number of halogens is 3. The predicted octanol–water partition coefficient (Wildman–Crippen LogP) is 5.33. The van der Waals surface area contributed by atoms with Crippen molar-refractivity contribution in [1.29, 1.82) is 0 Å². The summed E-state index contributed by atoms with van der Waals surface area (Å²) in [6.45, 7) is 0.0820. The minimum absolute atomic E-state index is 0.0820. The van der Waals surface area contributed by atoms with Crippen molar-refractivity contribution >= 4 is 45.4 Å². The predicted molar refractivity (Wildman–Crippen MR) is 114 cm³/mol. The van der Waals surface area contributed by atoms with Crippen LogP contribution in [-0.4, -0.2) is 15.0 Å². The summed E-state index contributed by atoms with van der Waals surface area (Å²) >= 11 is 6.18. The number of rotatable bonds is 4. The summed E-state index contributed by atoms with van der Waals surface area (Å²) in [6.07, 6.45) is 1.60. The third-order valence-electron chi connectivity index (χ3n) is 4.83. The number of H-pyrrole nitrogens is 1. The molecule has 1 N–H and O–H groups in total. The zero-order chi connectivity index (χ0) is 21.5. The van der Waals surface area contributed by atoms with Gasteiger partial charge in [0.1, 0.15) is 0 Å². The Morgan fingerprint density at radius 3 is 2.77 bits per heavy atom. The van der Waals surface area contributed by atoms with Gasteiger partial charge in [-0.15, -0.1) is 0 Å². The Balaban J connectivity index is 1.70. The van der Waals surface area contributed by atoms with E-state index in [1.54, 1.807) is 47.5 Å². The van der Waals surface area contributed by atoms with E-state index >= 15 is 0 Å². The highest BCUT2D eigenvalue weighted by Gasteiger charge is 2.20. The molecule has 154 valence electrons. The van der Waals surface area contributed by atoms with Crippen molar-refractivity contribution in [2.45, 2.75) is 6.54 Å². The van der Waals surface area contributed by atoms with E-state index in [0.29, 0.717) is 32.9 Å². The number of fused-ring (bicyclic) bond motifs is 2. The molecule has 0 aliphatic rings. The summed E-state index contributed by atoms with van der Waals surface area (Å²) in [5, 5.41) is 0.848. The second-order valence-electron chi connectivity index (χ2n) is 6.83. The molecule has 0 radical (unpaired) electrons. The van der Waals surface area contributed by atoms with Crippen LogP contribution < -0.4 is 10.5 Å². The van der Waals surface area contributed by atoms with Crippen LogP contribution in [0, 0.1) is 11.6 Å². The second-order valence-corrected chi connectivity index (χ2v) is 7.27. The van der Waals surface area contributed by atoms with Crippen molar-refractivity contribution in [2.75, 3.05) is 4.90 Å².